The summed E-state index contributed by atoms with van der Waals surface area (Å²) >= 11 is 5.73. The highest BCUT2D eigenvalue weighted by atomic mass is 35.5. The van der Waals surface area contributed by atoms with Crippen molar-refractivity contribution >= 4 is 11.6 Å². The van der Waals surface area contributed by atoms with Crippen molar-refractivity contribution in [3.63, 3.8) is 0 Å². The Morgan fingerprint density at radius 1 is 1.20 bits per heavy atom. The zero-order valence-electron chi connectivity index (χ0n) is 11.0. The molecule has 2 aromatic rings. The van der Waals surface area contributed by atoms with Crippen molar-refractivity contribution in [2.75, 3.05) is 7.11 Å². The molecule has 20 heavy (non-hydrogen) atoms. The monoisotopic (exact) mass is 295 g/mol. The summed E-state index contributed by atoms with van der Waals surface area (Å²) in [6, 6.07) is 10.2. The molecule has 0 aromatic heterocycles. The van der Waals surface area contributed by atoms with Gasteiger partial charge < -0.3 is 15.2 Å². The first-order chi connectivity index (χ1) is 9.65. The highest BCUT2D eigenvalue weighted by molar-refractivity contribution is 6.30. The molecule has 0 heterocycles. The van der Waals surface area contributed by atoms with Crippen LogP contribution in [0.5, 0.6) is 11.5 Å². The van der Waals surface area contributed by atoms with Gasteiger partial charge in [0.1, 0.15) is 23.9 Å². The van der Waals surface area contributed by atoms with E-state index in [1.807, 2.05) is 6.07 Å². The predicted octanol–water partition coefficient (Wildman–Crippen LogP) is 3.53. The van der Waals surface area contributed by atoms with Gasteiger partial charge in [-0.1, -0.05) is 29.8 Å². The molecule has 106 valence electrons. The lowest BCUT2D eigenvalue weighted by Gasteiger charge is -2.12. The highest BCUT2D eigenvalue weighted by Gasteiger charge is 2.09. The summed E-state index contributed by atoms with van der Waals surface area (Å²) in [6.07, 6.45) is 0. The van der Waals surface area contributed by atoms with Crippen LogP contribution in [0.2, 0.25) is 5.02 Å². The second-order valence-electron chi connectivity index (χ2n) is 4.18. The number of rotatable bonds is 5. The molecule has 5 heteroatoms. The first-order valence-electron chi connectivity index (χ1n) is 6.08. The lowest BCUT2D eigenvalue weighted by atomic mass is 10.2. The third kappa shape index (κ3) is 3.21. The zero-order valence-corrected chi connectivity index (χ0v) is 11.8. The van der Waals surface area contributed by atoms with Crippen molar-refractivity contribution in [3.05, 3.63) is 58.4 Å². The van der Waals surface area contributed by atoms with Crippen molar-refractivity contribution in [1.29, 1.82) is 0 Å². The van der Waals surface area contributed by atoms with Crippen molar-refractivity contribution in [3.8, 4) is 11.5 Å². The van der Waals surface area contributed by atoms with Crippen LogP contribution in [-0.4, -0.2) is 7.11 Å². The van der Waals surface area contributed by atoms with E-state index < -0.39 is 5.82 Å². The lowest BCUT2D eigenvalue weighted by molar-refractivity contribution is 0.294. The molecule has 0 aliphatic rings. The van der Waals surface area contributed by atoms with E-state index in [0.29, 0.717) is 23.6 Å². The van der Waals surface area contributed by atoms with Crippen LogP contribution >= 0.6 is 11.6 Å². The summed E-state index contributed by atoms with van der Waals surface area (Å²) in [6.45, 7) is 0.407. The van der Waals surface area contributed by atoms with Gasteiger partial charge in [-0.15, -0.1) is 0 Å². The molecule has 0 saturated carbocycles. The SMILES string of the molecule is COc1ccc(CN)c(OCc2cccc(Cl)c2F)c1. The Hall–Kier alpha value is -1.78. The van der Waals surface area contributed by atoms with Crippen molar-refractivity contribution in [1.82, 2.24) is 0 Å². The Bertz CT molecular complexity index is 604. The molecule has 0 atom stereocenters. The summed E-state index contributed by atoms with van der Waals surface area (Å²) in [5.41, 5.74) is 6.87. The van der Waals surface area contributed by atoms with E-state index in [0.717, 1.165) is 5.56 Å². The summed E-state index contributed by atoms with van der Waals surface area (Å²) < 4.78 is 24.5. The molecule has 2 N–H and O–H groups in total. The first kappa shape index (κ1) is 14.6. The summed E-state index contributed by atoms with van der Waals surface area (Å²) in [5.74, 6) is 0.765. The molecule has 0 amide bonds. The molecule has 0 unspecified atom stereocenters. The smallest absolute Gasteiger partial charge is 0.148 e. The van der Waals surface area contributed by atoms with Crippen molar-refractivity contribution in [2.24, 2.45) is 5.73 Å². The van der Waals surface area contributed by atoms with Gasteiger partial charge in [0.2, 0.25) is 0 Å². The van der Waals surface area contributed by atoms with Crippen molar-refractivity contribution < 1.29 is 13.9 Å². The second kappa shape index (κ2) is 6.59. The summed E-state index contributed by atoms with van der Waals surface area (Å²) in [7, 11) is 1.57. The topological polar surface area (TPSA) is 44.5 Å². The molecule has 2 rings (SSSR count). The zero-order chi connectivity index (χ0) is 14.5. The van der Waals surface area contributed by atoms with Crippen LogP contribution in [0.1, 0.15) is 11.1 Å². The van der Waals surface area contributed by atoms with Crippen LogP contribution < -0.4 is 15.2 Å². The maximum Gasteiger partial charge on any atom is 0.148 e. The fourth-order valence-electron chi connectivity index (χ4n) is 1.78. The molecule has 0 spiro atoms. The Balaban J connectivity index is 2.19. The van der Waals surface area contributed by atoms with Crippen LogP contribution in [0.3, 0.4) is 0 Å². The van der Waals surface area contributed by atoms with Gasteiger partial charge in [-0.3, -0.25) is 0 Å². The van der Waals surface area contributed by atoms with Gasteiger partial charge in [-0.2, -0.15) is 0 Å². The van der Waals surface area contributed by atoms with E-state index in [-0.39, 0.29) is 11.6 Å². The predicted molar refractivity (Wildman–Crippen MR) is 76.6 cm³/mol. The molecule has 0 radical (unpaired) electrons. The minimum Gasteiger partial charge on any atom is -0.497 e. The van der Waals surface area contributed by atoms with Gasteiger partial charge in [-0.25, -0.2) is 4.39 Å². The van der Waals surface area contributed by atoms with Gasteiger partial charge >= 0.3 is 0 Å². The third-order valence-corrected chi connectivity index (χ3v) is 3.20. The maximum atomic E-state index is 13.8. The Morgan fingerprint density at radius 3 is 2.70 bits per heavy atom. The molecule has 0 saturated heterocycles. The number of halogens is 2. The Labute approximate surface area is 122 Å². The minimum atomic E-state index is -0.466. The molecule has 0 fully saturated rings. The van der Waals surface area contributed by atoms with Gasteiger partial charge in [0.05, 0.1) is 12.1 Å². The average molecular weight is 296 g/mol. The molecule has 3 nitrogen and oxygen atoms in total. The van der Waals surface area contributed by atoms with Gasteiger partial charge in [0.25, 0.3) is 0 Å². The number of hydrogen-bond donors (Lipinski definition) is 1. The largest absolute Gasteiger partial charge is 0.497 e. The van der Waals surface area contributed by atoms with E-state index in [2.05, 4.69) is 0 Å². The quantitative estimate of drug-likeness (QED) is 0.918. The van der Waals surface area contributed by atoms with Gasteiger partial charge in [-0.05, 0) is 12.1 Å². The molecular formula is C15H15ClFNO2. The Morgan fingerprint density at radius 2 is 2.00 bits per heavy atom. The van der Waals surface area contributed by atoms with E-state index in [1.165, 1.54) is 6.07 Å². The van der Waals surface area contributed by atoms with Crippen LogP contribution in [-0.2, 0) is 13.2 Å². The summed E-state index contributed by atoms with van der Waals surface area (Å²) in [4.78, 5) is 0. The van der Waals surface area contributed by atoms with Crippen LogP contribution in [0.25, 0.3) is 0 Å². The second-order valence-corrected chi connectivity index (χ2v) is 4.59. The first-order valence-corrected chi connectivity index (χ1v) is 6.46. The van der Waals surface area contributed by atoms with Crippen molar-refractivity contribution in [2.45, 2.75) is 13.2 Å². The molecular weight excluding hydrogens is 281 g/mol. The normalized spacial score (nSPS) is 10.4. The average Bonchev–Trinajstić information content (AvgIpc) is 2.48. The molecule has 0 aliphatic heterocycles. The number of benzene rings is 2. The van der Waals surface area contributed by atoms with E-state index in [1.54, 1.807) is 31.4 Å². The standard InChI is InChI=1S/C15H15ClFNO2/c1-19-12-6-5-10(8-18)14(7-12)20-9-11-3-2-4-13(16)15(11)17/h2-7H,8-9,18H2,1H3. The Kier molecular flexibility index (Phi) is 4.82. The van der Waals surface area contributed by atoms with E-state index in [4.69, 9.17) is 26.8 Å². The molecule has 2 aromatic carbocycles. The van der Waals surface area contributed by atoms with Gasteiger partial charge in [0, 0.05) is 23.7 Å². The molecule has 0 aliphatic carbocycles. The van der Waals surface area contributed by atoms with E-state index >= 15 is 0 Å². The third-order valence-electron chi connectivity index (χ3n) is 2.91. The van der Waals surface area contributed by atoms with Crippen LogP contribution in [0.15, 0.2) is 36.4 Å². The minimum absolute atomic E-state index is 0.0760. The number of ether oxygens (including phenoxy) is 2. The van der Waals surface area contributed by atoms with Gasteiger partial charge in [0.15, 0.2) is 0 Å². The fourth-order valence-corrected chi connectivity index (χ4v) is 1.97. The van der Waals surface area contributed by atoms with Crippen LogP contribution in [0.4, 0.5) is 4.39 Å². The van der Waals surface area contributed by atoms with Crippen LogP contribution in [0, 0.1) is 5.82 Å². The fraction of sp³-hybridized carbons (Fsp3) is 0.200. The lowest BCUT2D eigenvalue weighted by Crippen LogP contribution is -2.04. The molecule has 0 bridgehead atoms. The number of nitrogens with two attached hydrogens (primary N) is 1. The number of hydrogen-bond acceptors (Lipinski definition) is 3. The number of methoxy groups -OCH3 is 1. The van der Waals surface area contributed by atoms with E-state index in [9.17, 15) is 4.39 Å². The summed E-state index contributed by atoms with van der Waals surface area (Å²) in [5, 5.41) is 0.0794. The highest BCUT2D eigenvalue weighted by Crippen LogP contribution is 2.26. The maximum absolute atomic E-state index is 13.8.